The van der Waals surface area contributed by atoms with Crippen molar-refractivity contribution in [1.82, 2.24) is 4.90 Å². The summed E-state index contributed by atoms with van der Waals surface area (Å²) in [6, 6.07) is 6.64. The van der Waals surface area contributed by atoms with E-state index in [1.807, 2.05) is 0 Å². The molecule has 0 aliphatic rings. The van der Waals surface area contributed by atoms with E-state index in [4.69, 9.17) is 0 Å². The maximum atomic E-state index is 2.31. The van der Waals surface area contributed by atoms with Crippen LogP contribution in [0.5, 0.6) is 0 Å². The van der Waals surface area contributed by atoms with Gasteiger partial charge in [-0.25, -0.2) is 0 Å². The average molecular weight is 315 g/mol. The number of aryl methyl sites for hydroxylation is 2. The highest BCUT2D eigenvalue weighted by molar-refractivity contribution is 14.1. The molecule has 82 valence electrons. The first-order valence-corrected chi connectivity index (χ1v) is 6.43. The van der Waals surface area contributed by atoms with E-state index in [9.17, 15) is 0 Å². The molecule has 1 aromatic rings. The standard InChI is InChI=1S/C13H18IN/c1-5-15(4)13(9-14)12-7-6-10(2)11(3)8-12/h6-9H,5H2,1-4H3/b13-9-. The molecule has 0 unspecified atom stereocenters. The number of rotatable bonds is 3. The van der Waals surface area contributed by atoms with Crippen molar-refractivity contribution in [3.8, 4) is 0 Å². The van der Waals surface area contributed by atoms with Gasteiger partial charge in [-0.2, -0.15) is 0 Å². The van der Waals surface area contributed by atoms with Gasteiger partial charge in [-0.1, -0.05) is 34.7 Å². The first-order chi connectivity index (χ1) is 7.10. The fraction of sp³-hybridized carbons (Fsp3) is 0.385. The Hall–Kier alpha value is -0.510. The van der Waals surface area contributed by atoms with E-state index in [2.05, 4.69) is 77.6 Å². The maximum absolute atomic E-state index is 2.31. The van der Waals surface area contributed by atoms with Crippen LogP contribution in [0.3, 0.4) is 0 Å². The zero-order valence-corrected chi connectivity index (χ0v) is 12.0. The first-order valence-electron chi connectivity index (χ1n) is 5.19. The molecular formula is C13H18IN. The molecule has 0 saturated carbocycles. The molecule has 1 nitrogen and oxygen atoms in total. The summed E-state index contributed by atoms with van der Waals surface area (Å²) in [5, 5.41) is 0. The molecule has 1 aromatic carbocycles. The highest BCUT2D eigenvalue weighted by Gasteiger charge is 2.05. The van der Waals surface area contributed by atoms with Crippen LogP contribution in [0.1, 0.15) is 23.6 Å². The van der Waals surface area contributed by atoms with Crippen LogP contribution in [0.2, 0.25) is 0 Å². The molecule has 0 aromatic heterocycles. The van der Waals surface area contributed by atoms with Crippen molar-refractivity contribution in [2.24, 2.45) is 0 Å². The van der Waals surface area contributed by atoms with Gasteiger partial charge in [0.25, 0.3) is 0 Å². The molecule has 0 N–H and O–H groups in total. The smallest absolute Gasteiger partial charge is 0.0498 e. The lowest BCUT2D eigenvalue weighted by molar-refractivity contribution is 0.510. The molecule has 15 heavy (non-hydrogen) atoms. The second-order valence-corrected chi connectivity index (χ2v) is 4.43. The minimum absolute atomic E-state index is 1.03. The van der Waals surface area contributed by atoms with Crippen LogP contribution in [-0.2, 0) is 0 Å². The van der Waals surface area contributed by atoms with Crippen LogP contribution in [0.4, 0.5) is 0 Å². The summed E-state index contributed by atoms with van der Waals surface area (Å²) in [5.74, 6) is 0. The Bertz CT molecular complexity index is 369. The summed E-state index contributed by atoms with van der Waals surface area (Å²) < 4.78 is 2.14. The third-order valence-corrected chi connectivity index (χ3v) is 3.38. The summed E-state index contributed by atoms with van der Waals surface area (Å²) in [6.45, 7) is 7.51. The fourth-order valence-electron chi connectivity index (χ4n) is 1.44. The zero-order chi connectivity index (χ0) is 11.4. The summed E-state index contributed by atoms with van der Waals surface area (Å²) in [5.41, 5.74) is 5.30. The van der Waals surface area contributed by atoms with Crippen LogP contribution in [0, 0.1) is 13.8 Å². The Labute approximate surface area is 106 Å². The van der Waals surface area contributed by atoms with Gasteiger partial charge in [-0.3, -0.25) is 0 Å². The first kappa shape index (κ1) is 12.6. The molecule has 0 bridgehead atoms. The number of halogens is 1. The van der Waals surface area contributed by atoms with Crippen molar-refractivity contribution in [3.63, 3.8) is 0 Å². The molecule has 0 saturated heterocycles. The largest absolute Gasteiger partial charge is 0.374 e. The monoisotopic (exact) mass is 315 g/mol. The molecule has 0 radical (unpaired) electrons. The molecule has 0 fully saturated rings. The molecule has 0 spiro atoms. The number of benzene rings is 1. The molecular weight excluding hydrogens is 297 g/mol. The van der Waals surface area contributed by atoms with E-state index in [0.717, 1.165) is 6.54 Å². The Balaban J connectivity index is 3.09. The van der Waals surface area contributed by atoms with Gasteiger partial charge in [0.2, 0.25) is 0 Å². The third-order valence-electron chi connectivity index (χ3n) is 2.79. The number of hydrogen-bond acceptors (Lipinski definition) is 1. The predicted molar refractivity (Wildman–Crippen MR) is 76.2 cm³/mol. The van der Waals surface area contributed by atoms with Crippen molar-refractivity contribution in [3.05, 3.63) is 39.0 Å². The minimum atomic E-state index is 1.03. The van der Waals surface area contributed by atoms with Crippen LogP contribution < -0.4 is 0 Å². The molecule has 2 heteroatoms. The van der Waals surface area contributed by atoms with Crippen LogP contribution in [0.15, 0.2) is 22.3 Å². The maximum Gasteiger partial charge on any atom is 0.0498 e. The van der Waals surface area contributed by atoms with Gasteiger partial charge in [-0.05, 0) is 43.5 Å². The Morgan fingerprint density at radius 3 is 2.47 bits per heavy atom. The lowest BCUT2D eigenvalue weighted by atomic mass is 10.0. The van der Waals surface area contributed by atoms with Crippen molar-refractivity contribution in [1.29, 1.82) is 0 Å². The quantitative estimate of drug-likeness (QED) is 0.763. The van der Waals surface area contributed by atoms with Gasteiger partial charge in [0, 0.05) is 23.4 Å². The molecule has 0 amide bonds. The molecule has 0 aliphatic carbocycles. The third kappa shape index (κ3) is 2.97. The van der Waals surface area contributed by atoms with Crippen LogP contribution >= 0.6 is 22.6 Å². The number of hydrogen-bond donors (Lipinski definition) is 0. The van der Waals surface area contributed by atoms with Gasteiger partial charge in [-0.15, -0.1) is 0 Å². The Morgan fingerprint density at radius 2 is 2.00 bits per heavy atom. The van der Waals surface area contributed by atoms with E-state index in [1.165, 1.54) is 22.4 Å². The molecule has 0 heterocycles. The predicted octanol–water partition coefficient (Wildman–Crippen LogP) is 3.99. The van der Waals surface area contributed by atoms with Crippen molar-refractivity contribution < 1.29 is 0 Å². The van der Waals surface area contributed by atoms with Gasteiger partial charge in [0.15, 0.2) is 0 Å². The highest BCUT2D eigenvalue weighted by Crippen LogP contribution is 2.21. The SMILES string of the molecule is CCN(C)/C(=C\I)c1ccc(C)c(C)c1. The van der Waals surface area contributed by atoms with E-state index in [1.54, 1.807) is 0 Å². The normalized spacial score (nSPS) is 11.7. The van der Waals surface area contributed by atoms with E-state index in [-0.39, 0.29) is 0 Å². The van der Waals surface area contributed by atoms with Gasteiger partial charge >= 0.3 is 0 Å². The van der Waals surface area contributed by atoms with E-state index < -0.39 is 0 Å². The second-order valence-electron chi connectivity index (χ2n) is 3.81. The number of nitrogens with zero attached hydrogens (tertiary/aromatic N) is 1. The molecule has 0 aliphatic heterocycles. The van der Waals surface area contributed by atoms with Crippen LogP contribution in [-0.4, -0.2) is 18.5 Å². The fourth-order valence-corrected chi connectivity index (χ4v) is 2.27. The van der Waals surface area contributed by atoms with Crippen molar-refractivity contribution in [2.75, 3.05) is 13.6 Å². The van der Waals surface area contributed by atoms with Gasteiger partial charge in [0.1, 0.15) is 0 Å². The molecule has 1 rings (SSSR count). The highest BCUT2D eigenvalue weighted by atomic mass is 127. The van der Waals surface area contributed by atoms with Crippen molar-refractivity contribution >= 4 is 28.3 Å². The Morgan fingerprint density at radius 1 is 1.33 bits per heavy atom. The summed E-state index contributed by atoms with van der Waals surface area (Å²) in [6.07, 6.45) is 0. The summed E-state index contributed by atoms with van der Waals surface area (Å²) in [4.78, 5) is 2.26. The van der Waals surface area contributed by atoms with Crippen molar-refractivity contribution in [2.45, 2.75) is 20.8 Å². The average Bonchev–Trinajstić information content (AvgIpc) is 2.24. The lowest BCUT2D eigenvalue weighted by Crippen LogP contribution is -2.15. The summed E-state index contributed by atoms with van der Waals surface area (Å²) >= 11 is 2.31. The second kappa shape index (κ2) is 5.54. The van der Waals surface area contributed by atoms with Gasteiger partial charge < -0.3 is 4.90 Å². The summed E-state index contributed by atoms with van der Waals surface area (Å²) in [7, 11) is 2.12. The van der Waals surface area contributed by atoms with Gasteiger partial charge in [0.05, 0.1) is 0 Å². The zero-order valence-electron chi connectivity index (χ0n) is 9.84. The minimum Gasteiger partial charge on any atom is -0.374 e. The molecule has 0 atom stereocenters. The van der Waals surface area contributed by atoms with Crippen LogP contribution in [0.25, 0.3) is 5.70 Å². The Kier molecular flexibility index (Phi) is 4.64. The van der Waals surface area contributed by atoms with E-state index in [0.29, 0.717) is 0 Å². The topological polar surface area (TPSA) is 3.24 Å². The van der Waals surface area contributed by atoms with E-state index >= 15 is 0 Å². The lowest BCUT2D eigenvalue weighted by Gasteiger charge is -2.21.